The average Bonchev–Trinajstić information content (AvgIpc) is 2.38. The molecule has 1 unspecified atom stereocenters. The Morgan fingerprint density at radius 2 is 2.00 bits per heavy atom. The third-order valence-corrected chi connectivity index (χ3v) is 2.84. The maximum atomic E-state index is 11.9. The number of hydrogen-bond acceptors (Lipinski definition) is 2. The van der Waals surface area contributed by atoms with Gasteiger partial charge in [0.25, 0.3) is 5.91 Å². The summed E-state index contributed by atoms with van der Waals surface area (Å²) in [6.07, 6.45) is 2.25. The topological polar surface area (TPSA) is 38.3 Å². The van der Waals surface area contributed by atoms with Crippen molar-refractivity contribution in [2.24, 2.45) is 0 Å². The summed E-state index contributed by atoms with van der Waals surface area (Å²) in [4.78, 5) is 11.9. The second kappa shape index (κ2) is 7.98. The van der Waals surface area contributed by atoms with Crippen LogP contribution in [-0.4, -0.2) is 18.6 Å². The Labute approximate surface area is 113 Å². The highest BCUT2D eigenvalue weighted by Gasteiger charge is 2.17. The number of halogens is 1. The van der Waals surface area contributed by atoms with Crippen LogP contribution in [0.4, 0.5) is 0 Å². The molecule has 3 nitrogen and oxygen atoms in total. The van der Waals surface area contributed by atoms with Gasteiger partial charge in [-0.2, -0.15) is 0 Å². The first-order chi connectivity index (χ1) is 8.67. The third-order valence-electron chi connectivity index (χ3n) is 2.58. The van der Waals surface area contributed by atoms with Crippen LogP contribution in [0.25, 0.3) is 0 Å². The van der Waals surface area contributed by atoms with Gasteiger partial charge in [-0.3, -0.25) is 4.79 Å². The van der Waals surface area contributed by atoms with E-state index in [1.807, 2.05) is 6.92 Å². The molecule has 18 heavy (non-hydrogen) atoms. The maximum absolute atomic E-state index is 11.9. The fourth-order valence-electron chi connectivity index (χ4n) is 1.50. The lowest BCUT2D eigenvalue weighted by Gasteiger charge is -2.17. The quantitative estimate of drug-likeness (QED) is 0.771. The van der Waals surface area contributed by atoms with Gasteiger partial charge < -0.3 is 10.1 Å². The van der Waals surface area contributed by atoms with E-state index in [1.165, 1.54) is 0 Å². The van der Waals surface area contributed by atoms with Crippen molar-refractivity contribution < 1.29 is 9.53 Å². The van der Waals surface area contributed by atoms with Crippen molar-refractivity contribution in [2.45, 2.75) is 39.2 Å². The van der Waals surface area contributed by atoms with Gasteiger partial charge in [0.1, 0.15) is 5.75 Å². The number of amides is 1. The first kappa shape index (κ1) is 14.8. The molecule has 0 aliphatic carbocycles. The zero-order valence-corrected chi connectivity index (χ0v) is 11.7. The number of carbonyl (C=O) groups is 1. The van der Waals surface area contributed by atoms with Gasteiger partial charge in [0.05, 0.1) is 0 Å². The van der Waals surface area contributed by atoms with Gasteiger partial charge >= 0.3 is 0 Å². The van der Waals surface area contributed by atoms with Crippen molar-refractivity contribution in [3.63, 3.8) is 0 Å². The van der Waals surface area contributed by atoms with Gasteiger partial charge in [0.15, 0.2) is 6.10 Å². The Morgan fingerprint density at radius 1 is 1.33 bits per heavy atom. The largest absolute Gasteiger partial charge is 0.481 e. The minimum Gasteiger partial charge on any atom is -0.481 e. The molecule has 0 spiro atoms. The smallest absolute Gasteiger partial charge is 0.261 e. The second-order valence-electron chi connectivity index (χ2n) is 4.11. The van der Waals surface area contributed by atoms with Crippen molar-refractivity contribution in [2.75, 3.05) is 6.54 Å². The number of hydrogen-bond donors (Lipinski definition) is 1. The summed E-state index contributed by atoms with van der Waals surface area (Å²) in [5.41, 5.74) is 0. The summed E-state index contributed by atoms with van der Waals surface area (Å²) in [6.45, 7) is 4.73. The molecule has 0 fully saturated rings. The summed E-state index contributed by atoms with van der Waals surface area (Å²) in [7, 11) is 0. The maximum Gasteiger partial charge on any atom is 0.261 e. The molecule has 0 aromatic heterocycles. The van der Waals surface area contributed by atoms with Crippen molar-refractivity contribution in [3.05, 3.63) is 29.3 Å². The molecule has 1 aromatic rings. The number of ether oxygens (including phenoxy) is 1. The van der Waals surface area contributed by atoms with Gasteiger partial charge in [0.2, 0.25) is 0 Å². The molecule has 0 saturated heterocycles. The summed E-state index contributed by atoms with van der Waals surface area (Å²) in [5.74, 6) is 0.609. The van der Waals surface area contributed by atoms with Crippen LogP contribution < -0.4 is 10.1 Å². The molecule has 4 heteroatoms. The van der Waals surface area contributed by atoms with Crippen LogP contribution in [-0.2, 0) is 4.79 Å². The van der Waals surface area contributed by atoms with E-state index in [9.17, 15) is 4.79 Å². The highest BCUT2D eigenvalue weighted by atomic mass is 35.5. The molecular weight excluding hydrogens is 250 g/mol. The Bertz CT molecular complexity index is 365. The first-order valence-corrected chi connectivity index (χ1v) is 6.75. The molecule has 0 heterocycles. The molecule has 0 radical (unpaired) electrons. The van der Waals surface area contributed by atoms with Gasteiger partial charge in [-0.15, -0.1) is 0 Å². The highest BCUT2D eigenvalue weighted by Crippen LogP contribution is 2.17. The SMILES string of the molecule is CCCCNC(=O)C(CC)Oc1ccc(Cl)cc1. The van der Waals surface area contributed by atoms with Crippen molar-refractivity contribution in [1.82, 2.24) is 5.32 Å². The lowest BCUT2D eigenvalue weighted by molar-refractivity contribution is -0.128. The third kappa shape index (κ3) is 4.96. The molecule has 1 rings (SSSR count). The van der Waals surface area contributed by atoms with E-state index in [4.69, 9.17) is 16.3 Å². The second-order valence-corrected chi connectivity index (χ2v) is 4.55. The lowest BCUT2D eigenvalue weighted by atomic mass is 10.2. The molecule has 1 N–H and O–H groups in total. The summed E-state index contributed by atoms with van der Waals surface area (Å²) < 4.78 is 5.64. The first-order valence-electron chi connectivity index (χ1n) is 6.37. The molecule has 0 saturated carbocycles. The van der Waals surface area contributed by atoms with Crippen LogP contribution in [0.3, 0.4) is 0 Å². The standard InChI is InChI=1S/C14H20ClNO2/c1-3-5-10-16-14(17)13(4-2)18-12-8-6-11(15)7-9-12/h6-9,13H,3-5,10H2,1-2H3,(H,16,17). The molecule has 1 aromatic carbocycles. The molecule has 0 aliphatic rings. The van der Waals surface area contributed by atoms with E-state index in [1.54, 1.807) is 24.3 Å². The van der Waals surface area contributed by atoms with Crippen molar-refractivity contribution in [3.8, 4) is 5.75 Å². The number of nitrogens with one attached hydrogen (secondary N) is 1. The predicted molar refractivity (Wildman–Crippen MR) is 74.1 cm³/mol. The highest BCUT2D eigenvalue weighted by molar-refractivity contribution is 6.30. The average molecular weight is 270 g/mol. The fourth-order valence-corrected chi connectivity index (χ4v) is 1.63. The number of carbonyl (C=O) groups excluding carboxylic acids is 1. The van der Waals surface area contributed by atoms with E-state index in [-0.39, 0.29) is 5.91 Å². The van der Waals surface area contributed by atoms with Crippen LogP contribution >= 0.6 is 11.6 Å². The number of benzene rings is 1. The molecule has 100 valence electrons. The minimum atomic E-state index is -0.442. The number of unbranched alkanes of at least 4 members (excludes halogenated alkanes) is 1. The lowest BCUT2D eigenvalue weighted by Crippen LogP contribution is -2.38. The van der Waals surface area contributed by atoms with E-state index >= 15 is 0 Å². The van der Waals surface area contributed by atoms with Crippen LogP contribution in [0.15, 0.2) is 24.3 Å². The zero-order chi connectivity index (χ0) is 13.4. The fraction of sp³-hybridized carbons (Fsp3) is 0.500. The Hall–Kier alpha value is -1.22. The Kier molecular flexibility index (Phi) is 6.58. The predicted octanol–water partition coefficient (Wildman–Crippen LogP) is 3.41. The van der Waals surface area contributed by atoms with Gasteiger partial charge in [0, 0.05) is 11.6 Å². The minimum absolute atomic E-state index is 0.0547. The summed E-state index contributed by atoms with van der Waals surface area (Å²) in [5, 5.41) is 3.53. The van der Waals surface area contributed by atoms with Crippen molar-refractivity contribution >= 4 is 17.5 Å². The molecule has 1 amide bonds. The van der Waals surface area contributed by atoms with Gasteiger partial charge in [-0.05, 0) is 37.1 Å². The van der Waals surface area contributed by atoms with Crippen LogP contribution in [0, 0.1) is 0 Å². The van der Waals surface area contributed by atoms with E-state index in [0.29, 0.717) is 23.7 Å². The van der Waals surface area contributed by atoms with Crippen LogP contribution in [0.2, 0.25) is 5.02 Å². The summed E-state index contributed by atoms with van der Waals surface area (Å²) in [6, 6.07) is 7.03. The van der Waals surface area contributed by atoms with Crippen LogP contribution in [0.5, 0.6) is 5.75 Å². The Balaban J connectivity index is 2.50. The molecule has 0 aliphatic heterocycles. The van der Waals surface area contributed by atoms with Gasteiger partial charge in [-0.25, -0.2) is 0 Å². The van der Waals surface area contributed by atoms with E-state index in [2.05, 4.69) is 12.2 Å². The number of rotatable bonds is 7. The van der Waals surface area contributed by atoms with Crippen LogP contribution in [0.1, 0.15) is 33.1 Å². The molecule has 0 bridgehead atoms. The van der Waals surface area contributed by atoms with Crippen molar-refractivity contribution in [1.29, 1.82) is 0 Å². The van der Waals surface area contributed by atoms with E-state index in [0.717, 1.165) is 12.8 Å². The molecular formula is C14H20ClNO2. The van der Waals surface area contributed by atoms with E-state index < -0.39 is 6.10 Å². The monoisotopic (exact) mass is 269 g/mol. The summed E-state index contributed by atoms with van der Waals surface area (Å²) >= 11 is 5.79. The molecule has 1 atom stereocenters. The Morgan fingerprint density at radius 3 is 2.56 bits per heavy atom. The normalized spacial score (nSPS) is 11.9. The van der Waals surface area contributed by atoms with Gasteiger partial charge in [-0.1, -0.05) is 31.9 Å². The zero-order valence-electron chi connectivity index (χ0n) is 10.9.